The van der Waals surface area contributed by atoms with Gasteiger partial charge in [-0.3, -0.25) is 9.36 Å². The third kappa shape index (κ3) is 2.67. The fourth-order valence-corrected chi connectivity index (χ4v) is 3.39. The number of rotatable bonds is 4. The summed E-state index contributed by atoms with van der Waals surface area (Å²) >= 11 is 0. The Bertz CT molecular complexity index is 974. The van der Waals surface area contributed by atoms with E-state index >= 15 is 0 Å². The lowest BCUT2D eigenvalue weighted by atomic mass is 10.0. The average Bonchev–Trinajstić information content (AvgIpc) is 3.47. The molecule has 3 N–H and O–H groups in total. The Hall–Kier alpha value is -2.39. The fourth-order valence-electron chi connectivity index (χ4n) is 3.39. The van der Waals surface area contributed by atoms with Crippen molar-refractivity contribution >= 4 is 10.9 Å². The van der Waals surface area contributed by atoms with Gasteiger partial charge in [0, 0.05) is 30.6 Å². The van der Waals surface area contributed by atoms with Crippen LogP contribution in [-0.2, 0) is 4.74 Å². The molecule has 1 saturated carbocycles. The molecule has 8 nitrogen and oxygen atoms in total. The van der Waals surface area contributed by atoms with E-state index in [2.05, 4.69) is 5.32 Å². The number of aromatic nitrogens is 2. The molecular weight excluding hydrogens is 343 g/mol. The third-order valence-corrected chi connectivity index (χ3v) is 4.78. The summed E-state index contributed by atoms with van der Waals surface area (Å²) in [5.41, 5.74) is -0.883. The van der Waals surface area contributed by atoms with Gasteiger partial charge in [-0.15, -0.1) is 0 Å². The predicted octanol–water partition coefficient (Wildman–Crippen LogP) is -0.0996. The minimum Gasteiger partial charge on any atom is -0.494 e. The van der Waals surface area contributed by atoms with Crippen LogP contribution in [0.5, 0.6) is 5.75 Å². The third-order valence-electron chi connectivity index (χ3n) is 4.78. The lowest BCUT2D eigenvalue weighted by Gasteiger charge is -2.25. The zero-order chi connectivity index (χ0) is 18.4. The van der Waals surface area contributed by atoms with Crippen molar-refractivity contribution in [3.8, 4) is 5.75 Å². The smallest absolute Gasteiger partial charge is 0.350 e. The Kier molecular flexibility index (Phi) is 4.20. The van der Waals surface area contributed by atoms with Crippen LogP contribution in [0.2, 0.25) is 0 Å². The maximum absolute atomic E-state index is 14.8. The Labute approximate surface area is 148 Å². The number of morpholine rings is 1. The first-order valence-corrected chi connectivity index (χ1v) is 8.51. The predicted molar refractivity (Wildman–Crippen MR) is 93.4 cm³/mol. The Morgan fingerprint density at radius 1 is 1.42 bits per heavy atom. The molecule has 4 rings (SSSR count). The topological polar surface area (TPSA) is 101 Å². The first-order chi connectivity index (χ1) is 12.5. The van der Waals surface area contributed by atoms with Gasteiger partial charge in [0.2, 0.25) is 0 Å². The lowest BCUT2D eigenvalue weighted by Crippen LogP contribution is -2.45. The van der Waals surface area contributed by atoms with Gasteiger partial charge in [-0.1, -0.05) is 0 Å². The highest BCUT2D eigenvalue weighted by Crippen LogP contribution is 2.39. The summed E-state index contributed by atoms with van der Waals surface area (Å²) in [4.78, 5) is 25.0. The van der Waals surface area contributed by atoms with Crippen molar-refractivity contribution in [3.63, 3.8) is 0 Å². The number of nitrogens with zero attached hydrogens (tertiary/aromatic N) is 2. The monoisotopic (exact) mass is 363 g/mol. The van der Waals surface area contributed by atoms with Crippen LogP contribution in [0.4, 0.5) is 4.39 Å². The normalized spacial score (nSPS) is 20.5. The molecule has 1 radical (unpaired) electrons. The zero-order valence-corrected chi connectivity index (χ0v) is 14.3. The van der Waals surface area contributed by atoms with Crippen molar-refractivity contribution in [1.82, 2.24) is 14.6 Å². The molecule has 9 heteroatoms. The van der Waals surface area contributed by atoms with Crippen LogP contribution < -0.4 is 27.1 Å². The summed E-state index contributed by atoms with van der Waals surface area (Å²) in [6.07, 6.45) is 3.26. The first kappa shape index (κ1) is 17.0. The maximum Gasteiger partial charge on any atom is 0.350 e. The number of hydrogen-bond acceptors (Lipinski definition) is 6. The van der Waals surface area contributed by atoms with E-state index in [0.717, 1.165) is 18.9 Å². The van der Waals surface area contributed by atoms with Gasteiger partial charge in [-0.25, -0.2) is 9.18 Å². The second kappa shape index (κ2) is 6.40. The van der Waals surface area contributed by atoms with E-state index in [9.17, 15) is 14.0 Å². The van der Waals surface area contributed by atoms with Gasteiger partial charge in [-0.2, -0.15) is 4.68 Å². The van der Waals surface area contributed by atoms with Crippen molar-refractivity contribution in [3.05, 3.63) is 44.7 Å². The average molecular weight is 363 g/mol. The quantitative estimate of drug-likeness (QED) is 0.736. The molecular formula is C17H20FN4O4. The van der Waals surface area contributed by atoms with Crippen molar-refractivity contribution in [1.29, 1.82) is 0 Å². The molecule has 2 aromatic rings. The first-order valence-electron chi connectivity index (χ1n) is 8.51. The minimum absolute atomic E-state index is 0.0263. The van der Waals surface area contributed by atoms with E-state index in [4.69, 9.17) is 15.3 Å². The minimum atomic E-state index is -0.746. The molecule has 139 valence electrons. The van der Waals surface area contributed by atoms with Crippen LogP contribution in [0.25, 0.3) is 10.9 Å². The van der Waals surface area contributed by atoms with Gasteiger partial charge in [0.15, 0.2) is 0 Å². The van der Waals surface area contributed by atoms with Crippen molar-refractivity contribution in [2.75, 3.05) is 32.7 Å². The Balaban J connectivity index is 1.97. The van der Waals surface area contributed by atoms with E-state index in [1.807, 2.05) is 0 Å². The fraction of sp³-hybridized carbons (Fsp3) is 0.471. The largest absolute Gasteiger partial charge is 0.494 e. The molecule has 2 fully saturated rings. The number of nitrogens with one attached hydrogen (secondary N) is 1. The maximum atomic E-state index is 14.8. The molecule has 2 aliphatic rings. The number of hydrogen-bond donors (Lipinski definition) is 2. The van der Waals surface area contributed by atoms with Crippen LogP contribution >= 0.6 is 0 Å². The molecule has 1 unspecified atom stereocenters. The number of benzene rings is 1. The van der Waals surface area contributed by atoms with Gasteiger partial charge in [0.05, 0.1) is 25.7 Å². The summed E-state index contributed by atoms with van der Waals surface area (Å²) in [5, 5.41) is 3.24. The van der Waals surface area contributed by atoms with Crippen molar-refractivity contribution in [2.24, 2.45) is 0 Å². The van der Waals surface area contributed by atoms with E-state index < -0.39 is 17.1 Å². The van der Waals surface area contributed by atoms with Crippen LogP contribution in [0.15, 0.2) is 15.7 Å². The van der Waals surface area contributed by atoms with Gasteiger partial charge >= 0.3 is 5.69 Å². The van der Waals surface area contributed by atoms with Crippen molar-refractivity contribution < 1.29 is 13.9 Å². The highest BCUT2D eigenvalue weighted by Gasteiger charge is 2.31. The van der Waals surface area contributed by atoms with Crippen LogP contribution in [0, 0.1) is 12.2 Å². The molecule has 2 heterocycles. The Morgan fingerprint density at radius 3 is 2.81 bits per heavy atom. The number of methoxy groups -OCH3 is 1. The number of ether oxygens (including phenoxy) is 2. The van der Waals surface area contributed by atoms with Gasteiger partial charge in [-0.05, 0) is 18.9 Å². The summed E-state index contributed by atoms with van der Waals surface area (Å²) in [6, 6.07) is 0.863. The van der Waals surface area contributed by atoms with E-state index in [-0.39, 0.29) is 34.3 Å². The second-order valence-corrected chi connectivity index (χ2v) is 6.56. The zero-order valence-electron chi connectivity index (χ0n) is 14.3. The summed E-state index contributed by atoms with van der Waals surface area (Å²) < 4.78 is 27.7. The molecule has 1 aromatic carbocycles. The van der Waals surface area contributed by atoms with E-state index in [1.165, 1.54) is 11.7 Å². The lowest BCUT2D eigenvalue weighted by molar-refractivity contribution is 0.0865. The number of fused-ring (bicyclic) bond motifs is 1. The molecule has 1 aliphatic carbocycles. The van der Waals surface area contributed by atoms with E-state index in [1.54, 1.807) is 6.42 Å². The van der Waals surface area contributed by atoms with Gasteiger partial charge in [0.25, 0.3) is 5.56 Å². The highest BCUT2D eigenvalue weighted by molar-refractivity contribution is 5.87. The molecule has 1 aliphatic heterocycles. The molecule has 1 aromatic heterocycles. The highest BCUT2D eigenvalue weighted by atomic mass is 19.1. The number of nitrogens with two attached hydrogens (primary N) is 1. The molecule has 1 saturated heterocycles. The van der Waals surface area contributed by atoms with Crippen molar-refractivity contribution in [2.45, 2.75) is 24.9 Å². The molecule has 0 amide bonds. The number of halogens is 1. The SMILES string of the molecule is COc1c([CH]C2COCCN2)c(F)cc2c(=O)n(N)c(=O)n(C3CC3)c12. The van der Waals surface area contributed by atoms with Gasteiger partial charge in [0.1, 0.15) is 17.1 Å². The van der Waals surface area contributed by atoms with Crippen LogP contribution in [-0.4, -0.2) is 42.2 Å². The van der Waals surface area contributed by atoms with Gasteiger partial charge < -0.3 is 20.6 Å². The standard InChI is InChI=1S/C17H20FN4O4/c1-25-15-11(6-9-8-26-5-4-20-9)13(18)7-12-14(15)21(10-2-3-10)17(24)22(19)16(12)23/h6-7,9-10,20H,2-5,8,19H2,1H3. The molecule has 1 atom stereocenters. The molecule has 0 bridgehead atoms. The molecule has 0 spiro atoms. The van der Waals surface area contributed by atoms with Crippen LogP contribution in [0.1, 0.15) is 24.4 Å². The molecule has 26 heavy (non-hydrogen) atoms. The second-order valence-electron chi connectivity index (χ2n) is 6.56. The number of nitrogen functional groups attached to an aromatic ring is 1. The Morgan fingerprint density at radius 2 is 2.19 bits per heavy atom. The van der Waals surface area contributed by atoms with Crippen LogP contribution in [0.3, 0.4) is 0 Å². The van der Waals surface area contributed by atoms with E-state index in [0.29, 0.717) is 24.4 Å². The summed E-state index contributed by atoms with van der Waals surface area (Å²) in [6.45, 7) is 1.66. The summed E-state index contributed by atoms with van der Waals surface area (Å²) in [7, 11) is 1.39. The summed E-state index contributed by atoms with van der Waals surface area (Å²) in [5.74, 6) is 5.17.